The van der Waals surface area contributed by atoms with Crippen LogP contribution in [0.25, 0.3) is 0 Å². The maximum absolute atomic E-state index is 12.5. The van der Waals surface area contributed by atoms with Gasteiger partial charge in [-0.15, -0.1) is 0 Å². The van der Waals surface area contributed by atoms with E-state index in [4.69, 9.17) is 4.74 Å². The lowest BCUT2D eigenvalue weighted by molar-refractivity contribution is -0.135. The summed E-state index contributed by atoms with van der Waals surface area (Å²) in [5.74, 6) is -0.414. The molecule has 0 spiro atoms. The average molecular weight is 408 g/mol. The largest absolute Gasteiger partial charge is 0.497 e. The Labute approximate surface area is 174 Å². The summed E-state index contributed by atoms with van der Waals surface area (Å²) >= 11 is 0. The summed E-state index contributed by atoms with van der Waals surface area (Å²) in [4.78, 5) is 37.1. The van der Waals surface area contributed by atoms with Gasteiger partial charge in [0.2, 0.25) is 11.8 Å². The highest BCUT2D eigenvalue weighted by Crippen LogP contribution is 2.17. The Morgan fingerprint density at radius 1 is 1.00 bits per heavy atom. The van der Waals surface area contributed by atoms with Crippen molar-refractivity contribution >= 4 is 34.8 Å². The van der Waals surface area contributed by atoms with E-state index in [1.807, 2.05) is 32.0 Å². The second-order valence-electron chi connectivity index (χ2n) is 7.11. The Morgan fingerprint density at radius 3 is 2.30 bits per heavy atom. The van der Waals surface area contributed by atoms with E-state index in [1.165, 1.54) is 0 Å². The van der Waals surface area contributed by atoms with Crippen LogP contribution in [0.3, 0.4) is 0 Å². The molecule has 1 aliphatic heterocycles. The molecule has 0 saturated heterocycles. The van der Waals surface area contributed by atoms with Crippen molar-refractivity contribution < 1.29 is 19.1 Å². The summed E-state index contributed by atoms with van der Waals surface area (Å²) < 4.78 is 5.09. The van der Waals surface area contributed by atoms with E-state index in [0.717, 1.165) is 16.1 Å². The molecule has 0 unspecified atom stereocenters. The minimum atomic E-state index is -0.410. The fourth-order valence-corrected chi connectivity index (χ4v) is 3.15. The molecule has 1 aliphatic rings. The highest BCUT2D eigenvalue weighted by molar-refractivity contribution is 6.43. The topological polar surface area (TPSA) is 100 Å². The molecule has 2 aromatic carbocycles. The molecular formula is C22H24N4O4. The van der Waals surface area contributed by atoms with Crippen molar-refractivity contribution in [2.45, 2.75) is 26.7 Å². The molecule has 2 N–H and O–H groups in total. The quantitative estimate of drug-likeness (QED) is 0.768. The Morgan fingerprint density at radius 2 is 1.67 bits per heavy atom. The van der Waals surface area contributed by atoms with Gasteiger partial charge in [-0.1, -0.05) is 6.07 Å². The van der Waals surface area contributed by atoms with Crippen LogP contribution < -0.4 is 15.4 Å². The van der Waals surface area contributed by atoms with Crippen LogP contribution in [0.5, 0.6) is 5.75 Å². The van der Waals surface area contributed by atoms with E-state index < -0.39 is 5.91 Å². The molecule has 0 atom stereocenters. The Bertz CT molecular complexity index is 978. The fraction of sp³-hybridized carbons (Fsp3) is 0.273. The van der Waals surface area contributed by atoms with Gasteiger partial charge in [0, 0.05) is 24.2 Å². The van der Waals surface area contributed by atoms with Gasteiger partial charge in [0.05, 0.1) is 7.11 Å². The van der Waals surface area contributed by atoms with Crippen molar-refractivity contribution in [1.82, 2.24) is 5.01 Å². The number of carbonyl (C=O) groups excluding carboxylic acids is 3. The molecule has 0 aromatic heterocycles. The number of ether oxygens (including phenoxy) is 1. The van der Waals surface area contributed by atoms with Crippen molar-refractivity contribution in [1.29, 1.82) is 0 Å². The van der Waals surface area contributed by atoms with Crippen molar-refractivity contribution in [2.24, 2.45) is 5.10 Å². The summed E-state index contributed by atoms with van der Waals surface area (Å²) in [5, 5.41) is 10.7. The smallest absolute Gasteiger partial charge is 0.271 e. The summed E-state index contributed by atoms with van der Waals surface area (Å²) in [6.07, 6.45) is 0.335. The van der Waals surface area contributed by atoms with E-state index in [1.54, 1.807) is 31.4 Å². The highest BCUT2D eigenvalue weighted by Gasteiger charge is 2.26. The van der Waals surface area contributed by atoms with Crippen molar-refractivity contribution in [2.75, 3.05) is 24.3 Å². The van der Waals surface area contributed by atoms with Crippen molar-refractivity contribution in [3.8, 4) is 5.75 Å². The normalized spacial score (nSPS) is 13.5. The number of hydrogen-bond acceptors (Lipinski definition) is 5. The molecule has 0 fully saturated rings. The second-order valence-corrected chi connectivity index (χ2v) is 7.11. The molecule has 0 radical (unpaired) electrons. The van der Waals surface area contributed by atoms with Gasteiger partial charge >= 0.3 is 0 Å². The number of methoxy groups -OCH3 is 1. The molecule has 1 heterocycles. The Balaban J connectivity index is 1.65. The van der Waals surface area contributed by atoms with Crippen LogP contribution in [-0.4, -0.2) is 42.1 Å². The number of carbonyl (C=O) groups is 3. The Kier molecular flexibility index (Phi) is 6.46. The standard InChI is InChI=1S/C22H24N4O4/c1-14-10-15(2)12-17(11-14)23-20(27)13-26-21(28)9-8-19(25-26)22(29)24-16-4-6-18(30-3)7-5-16/h4-7,10-12H,8-9,13H2,1-3H3,(H,23,27)(H,24,29). The number of hydrogen-bond donors (Lipinski definition) is 2. The molecule has 3 rings (SSSR count). The Hall–Kier alpha value is -3.68. The highest BCUT2D eigenvalue weighted by atomic mass is 16.5. The zero-order valence-corrected chi connectivity index (χ0v) is 17.2. The molecule has 30 heavy (non-hydrogen) atoms. The van der Waals surface area contributed by atoms with E-state index in [-0.39, 0.29) is 36.9 Å². The van der Waals surface area contributed by atoms with Gasteiger partial charge in [0.15, 0.2) is 0 Å². The van der Waals surface area contributed by atoms with Gasteiger partial charge in [-0.2, -0.15) is 5.10 Å². The molecule has 2 aromatic rings. The van der Waals surface area contributed by atoms with Crippen LogP contribution in [0.15, 0.2) is 47.6 Å². The predicted octanol–water partition coefficient (Wildman–Crippen LogP) is 2.87. The van der Waals surface area contributed by atoms with E-state index in [0.29, 0.717) is 17.1 Å². The number of aryl methyl sites for hydroxylation is 2. The van der Waals surface area contributed by atoms with Gasteiger partial charge in [-0.25, -0.2) is 5.01 Å². The molecule has 0 aliphatic carbocycles. The zero-order chi connectivity index (χ0) is 21.7. The molecule has 0 bridgehead atoms. The first-order valence-corrected chi connectivity index (χ1v) is 9.55. The van der Waals surface area contributed by atoms with E-state index >= 15 is 0 Å². The SMILES string of the molecule is COc1ccc(NC(=O)C2=NN(CC(=O)Nc3cc(C)cc(C)c3)C(=O)CC2)cc1. The minimum absolute atomic E-state index is 0.117. The van der Waals surface area contributed by atoms with E-state index in [2.05, 4.69) is 15.7 Å². The van der Waals surface area contributed by atoms with Crippen LogP contribution in [-0.2, 0) is 14.4 Å². The van der Waals surface area contributed by atoms with Gasteiger partial charge in [-0.05, 0) is 61.4 Å². The second kappa shape index (κ2) is 9.21. The summed E-state index contributed by atoms with van der Waals surface area (Å²) in [5.41, 5.74) is 3.48. The molecule has 8 heteroatoms. The maximum atomic E-state index is 12.5. The van der Waals surface area contributed by atoms with Gasteiger partial charge < -0.3 is 15.4 Å². The number of amides is 3. The average Bonchev–Trinajstić information content (AvgIpc) is 2.69. The van der Waals surface area contributed by atoms with Crippen LogP contribution in [0.1, 0.15) is 24.0 Å². The first-order chi connectivity index (χ1) is 14.3. The molecule has 0 saturated carbocycles. The summed E-state index contributed by atoms with van der Waals surface area (Å²) in [7, 11) is 1.56. The van der Waals surface area contributed by atoms with Crippen LogP contribution in [0.4, 0.5) is 11.4 Å². The molecule has 3 amide bonds. The van der Waals surface area contributed by atoms with Gasteiger partial charge in [-0.3, -0.25) is 14.4 Å². The summed E-state index contributed by atoms with van der Waals surface area (Å²) in [6.45, 7) is 3.62. The number of rotatable bonds is 6. The number of anilines is 2. The van der Waals surface area contributed by atoms with Gasteiger partial charge in [0.25, 0.3) is 5.91 Å². The van der Waals surface area contributed by atoms with Crippen molar-refractivity contribution in [3.05, 3.63) is 53.6 Å². The fourth-order valence-electron chi connectivity index (χ4n) is 3.15. The maximum Gasteiger partial charge on any atom is 0.271 e. The number of hydrazone groups is 1. The lowest BCUT2D eigenvalue weighted by Gasteiger charge is -2.22. The third-order valence-corrected chi connectivity index (χ3v) is 4.51. The third-order valence-electron chi connectivity index (χ3n) is 4.51. The summed E-state index contributed by atoms with van der Waals surface area (Å²) in [6, 6.07) is 12.6. The molecular weight excluding hydrogens is 384 g/mol. The van der Waals surface area contributed by atoms with Crippen LogP contribution in [0.2, 0.25) is 0 Å². The number of nitrogens with one attached hydrogen (secondary N) is 2. The first-order valence-electron chi connectivity index (χ1n) is 9.55. The predicted molar refractivity (Wildman–Crippen MR) is 115 cm³/mol. The number of benzene rings is 2. The van der Waals surface area contributed by atoms with Crippen molar-refractivity contribution in [3.63, 3.8) is 0 Å². The third kappa shape index (κ3) is 5.44. The van der Waals surface area contributed by atoms with Gasteiger partial charge in [0.1, 0.15) is 18.0 Å². The molecule has 156 valence electrons. The van der Waals surface area contributed by atoms with E-state index in [9.17, 15) is 14.4 Å². The lowest BCUT2D eigenvalue weighted by atomic mass is 10.1. The molecule has 8 nitrogen and oxygen atoms in total. The minimum Gasteiger partial charge on any atom is -0.497 e. The van der Waals surface area contributed by atoms with Crippen LogP contribution >= 0.6 is 0 Å². The lowest BCUT2D eigenvalue weighted by Crippen LogP contribution is -2.40. The first kappa shape index (κ1) is 21.0. The van der Waals surface area contributed by atoms with Crippen LogP contribution in [0, 0.1) is 13.8 Å². The zero-order valence-electron chi connectivity index (χ0n) is 17.2. The number of nitrogens with zero attached hydrogens (tertiary/aromatic N) is 2. The monoisotopic (exact) mass is 408 g/mol.